The topological polar surface area (TPSA) is 60.4 Å². The number of ether oxygens (including phenoxy) is 1. The third-order valence-electron chi connectivity index (χ3n) is 3.16. The summed E-state index contributed by atoms with van der Waals surface area (Å²) in [6, 6.07) is 0. The van der Waals surface area contributed by atoms with Crippen molar-refractivity contribution in [3.05, 3.63) is 0 Å². The minimum atomic E-state index is -0.268. The first-order chi connectivity index (χ1) is 9.66. The molecule has 0 saturated heterocycles. The van der Waals surface area contributed by atoms with Gasteiger partial charge in [-0.15, -0.1) is 0 Å². The molecule has 0 bridgehead atoms. The normalized spacial score (nSPS) is 10.2. The van der Waals surface area contributed by atoms with Gasteiger partial charge in [0.2, 0.25) is 0 Å². The first kappa shape index (κ1) is 18.8. The van der Waals surface area contributed by atoms with Gasteiger partial charge in [0.1, 0.15) is 12.1 Å². The van der Waals surface area contributed by atoms with Gasteiger partial charge in [-0.2, -0.15) is 0 Å². The average Bonchev–Trinajstić information content (AvgIpc) is 2.42. The molecule has 0 spiro atoms. The molecule has 0 N–H and O–H groups in total. The van der Waals surface area contributed by atoms with Crippen molar-refractivity contribution in [1.29, 1.82) is 0 Å². The highest BCUT2D eigenvalue weighted by Crippen LogP contribution is 2.09. The number of Topliss-reactive ketones (excluding diaryl/α,β-unsaturated/α-hetero) is 1. The van der Waals surface area contributed by atoms with E-state index in [9.17, 15) is 14.4 Å². The molecule has 0 atom stereocenters. The number of hydrogen-bond donors (Lipinski definition) is 0. The standard InChI is InChI=1S/C16H28O4/c1-15(18)11-12-16(19)20-14-10-8-6-4-2-3-5-7-9-13-17/h13H,2-12,14H2,1H3. The summed E-state index contributed by atoms with van der Waals surface area (Å²) in [4.78, 5) is 32.0. The van der Waals surface area contributed by atoms with Gasteiger partial charge in [0.05, 0.1) is 13.0 Å². The van der Waals surface area contributed by atoms with Gasteiger partial charge in [-0.3, -0.25) is 4.79 Å². The summed E-state index contributed by atoms with van der Waals surface area (Å²) in [6.07, 6.45) is 11.1. The van der Waals surface area contributed by atoms with Crippen LogP contribution in [0.4, 0.5) is 0 Å². The fraction of sp³-hybridized carbons (Fsp3) is 0.812. The van der Waals surface area contributed by atoms with Gasteiger partial charge in [0.25, 0.3) is 0 Å². The fourth-order valence-electron chi connectivity index (χ4n) is 1.93. The lowest BCUT2D eigenvalue weighted by Gasteiger charge is -2.04. The molecule has 0 fully saturated rings. The van der Waals surface area contributed by atoms with E-state index in [1.54, 1.807) is 0 Å². The van der Waals surface area contributed by atoms with E-state index in [0.29, 0.717) is 13.0 Å². The Morgan fingerprint density at radius 3 is 1.95 bits per heavy atom. The minimum absolute atomic E-state index is 0.0232. The van der Waals surface area contributed by atoms with Crippen LogP contribution in [0.3, 0.4) is 0 Å². The second-order valence-corrected chi connectivity index (χ2v) is 5.21. The van der Waals surface area contributed by atoms with Crippen LogP contribution in [0, 0.1) is 0 Å². The monoisotopic (exact) mass is 284 g/mol. The van der Waals surface area contributed by atoms with Crippen LogP contribution >= 0.6 is 0 Å². The van der Waals surface area contributed by atoms with Gasteiger partial charge in [-0.25, -0.2) is 0 Å². The Balaban J connectivity index is 3.14. The molecule has 0 aliphatic heterocycles. The van der Waals surface area contributed by atoms with Crippen LogP contribution in [-0.2, 0) is 19.1 Å². The number of hydrogen-bond acceptors (Lipinski definition) is 4. The highest BCUT2D eigenvalue weighted by molar-refractivity contribution is 5.80. The summed E-state index contributed by atoms with van der Waals surface area (Å²) >= 11 is 0. The van der Waals surface area contributed by atoms with E-state index < -0.39 is 0 Å². The Kier molecular flexibility index (Phi) is 13.4. The predicted octanol–water partition coefficient (Wildman–Crippen LogP) is 3.61. The van der Waals surface area contributed by atoms with Crippen molar-refractivity contribution in [3.63, 3.8) is 0 Å². The van der Waals surface area contributed by atoms with E-state index in [4.69, 9.17) is 4.74 Å². The molecule has 0 aromatic heterocycles. The van der Waals surface area contributed by atoms with Crippen molar-refractivity contribution in [2.45, 2.75) is 77.6 Å². The van der Waals surface area contributed by atoms with Crippen molar-refractivity contribution >= 4 is 18.0 Å². The van der Waals surface area contributed by atoms with E-state index in [-0.39, 0.29) is 24.6 Å². The molecule has 116 valence electrons. The molecule has 0 aromatic carbocycles. The van der Waals surface area contributed by atoms with E-state index in [1.165, 1.54) is 32.6 Å². The van der Waals surface area contributed by atoms with Crippen LogP contribution in [0.1, 0.15) is 77.6 Å². The van der Waals surface area contributed by atoms with Crippen LogP contribution in [0.5, 0.6) is 0 Å². The predicted molar refractivity (Wildman–Crippen MR) is 78.5 cm³/mol. The Bertz CT molecular complexity index is 274. The second kappa shape index (κ2) is 14.2. The van der Waals surface area contributed by atoms with Crippen molar-refractivity contribution < 1.29 is 19.1 Å². The molecule has 0 saturated carbocycles. The van der Waals surface area contributed by atoms with Gasteiger partial charge in [0, 0.05) is 12.8 Å². The summed E-state index contributed by atoms with van der Waals surface area (Å²) in [7, 11) is 0. The zero-order chi connectivity index (χ0) is 15.1. The van der Waals surface area contributed by atoms with Crippen molar-refractivity contribution in [1.82, 2.24) is 0 Å². The van der Waals surface area contributed by atoms with Crippen molar-refractivity contribution in [2.75, 3.05) is 6.61 Å². The number of esters is 1. The summed E-state index contributed by atoms with van der Waals surface area (Å²) in [5.41, 5.74) is 0. The SMILES string of the molecule is CC(=O)CCC(=O)OCCCCCCCCCCC=O. The van der Waals surface area contributed by atoms with Crippen molar-refractivity contribution in [3.8, 4) is 0 Å². The summed E-state index contributed by atoms with van der Waals surface area (Å²) in [5.74, 6) is -0.245. The molecular weight excluding hydrogens is 256 g/mol. The molecule has 0 aromatic rings. The smallest absolute Gasteiger partial charge is 0.306 e. The minimum Gasteiger partial charge on any atom is -0.466 e. The lowest BCUT2D eigenvalue weighted by Crippen LogP contribution is -2.07. The zero-order valence-electron chi connectivity index (χ0n) is 12.7. The maximum Gasteiger partial charge on any atom is 0.306 e. The average molecular weight is 284 g/mol. The summed E-state index contributed by atoms with van der Waals surface area (Å²) < 4.78 is 5.04. The van der Waals surface area contributed by atoms with E-state index in [0.717, 1.165) is 32.0 Å². The number of rotatable bonds is 14. The Labute approximate surface area is 122 Å². The molecule has 20 heavy (non-hydrogen) atoms. The highest BCUT2D eigenvalue weighted by Gasteiger charge is 2.04. The zero-order valence-corrected chi connectivity index (χ0v) is 12.7. The lowest BCUT2D eigenvalue weighted by atomic mass is 10.1. The van der Waals surface area contributed by atoms with Crippen molar-refractivity contribution in [2.24, 2.45) is 0 Å². The van der Waals surface area contributed by atoms with Gasteiger partial charge < -0.3 is 14.3 Å². The maximum absolute atomic E-state index is 11.2. The van der Waals surface area contributed by atoms with Crippen LogP contribution in [0.2, 0.25) is 0 Å². The quantitative estimate of drug-likeness (QED) is 0.278. The molecule has 0 aliphatic carbocycles. The molecule has 4 heteroatoms. The first-order valence-corrected chi connectivity index (χ1v) is 7.75. The summed E-state index contributed by atoms with van der Waals surface area (Å²) in [6.45, 7) is 1.95. The van der Waals surface area contributed by atoms with Gasteiger partial charge in [0.15, 0.2) is 0 Å². The largest absolute Gasteiger partial charge is 0.466 e. The number of carbonyl (C=O) groups excluding carboxylic acids is 3. The first-order valence-electron chi connectivity index (χ1n) is 7.75. The molecule has 0 unspecified atom stereocenters. The van der Waals surface area contributed by atoms with Gasteiger partial charge in [-0.05, 0) is 19.8 Å². The maximum atomic E-state index is 11.2. The number of ketones is 1. The second-order valence-electron chi connectivity index (χ2n) is 5.21. The number of carbonyl (C=O) groups is 3. The summed E-state index contributed by atoms with van der Waals surface area (Å²) in [5, 5.41) is 0. The third kappa shape index (κ3) is 14.9. The number of unbranched alkanes of at least 4 members (excludes halogenated alkanes) is 8. The Hall–Kier alpha value is -1.19. The van der Waals surface area contributed by atoms with Gasteiger partial charge >= 0.3 is 5.97 Å². The van der Waals surface area contributed by atoms with Crippen LogP contribution in [0.15, 0.2) is 0 Å². The molecular formula is C16H28O4. The Morgan fingerprint density at radius 1 is 0.850 bits per heavy atom. The van der Waals surface area contributed by atoms with E-state index in [2.05, 4.69) is 0 Å². The highest BCUT2D eigenvalue weighted by atomic mass is 16.5. The van der Waals surface area contributed by atoms with Crippen LogP contribution in [0.25, 0.3) is 0 Å². The third-order valence-corrected chi connectivity index (χ3v) is 3.16. The fourth-order valence-corrected chi connectivity index (χ4v) is 1.93. The Morgan fingerprint density at radius 2 is 1.40 bits per heavy atom. The lowest BCUT2D eigenvalue weighted by molar-refractivity contribution is -0.144. The number of aldehydes is 1. The van der Waals surface area contributed by atoms with E-state index >= 15 is 0 Å². The molecule has 4 nitrogen and oxygen atoms in total. The van der Waals surface area contributed by atoms with Crippen LogP contribution < -0.4 is 0 Å². The molecule has 0 rings (SSSR count). The van der Waals surface area contributed by atoms with Gasteiger partial charge in [-0.1, -0.05) is 38.5 Å². The molecule has 0 radical (unpaired) electrons. The molecule has 0 aliphatic rings. The molecule has 0 amide bonds. The molecule has 0 heterocycles. The van der Waals surface area contributed by atoms with Crippen LogP contribution in [-0.4, -0.2) is 24.6 Å². The van der Waals surface area contributed by atoms with E-state index in [1.807, 2.05) is 0 Å².